The maximum Gasteiger partial charge on any atom is 0.346 e. The molecular formula is C8H11N2O2+. The summed E-state index contributed by atoms with van der Waals surface area (Å²) in [7, 11) is 0. The van der Waals surface area contributed by atoms with Gasteiger partial charge in [-0.3, -0.25) is 5.73 Å². The summed E-state index contributed by atoms with van der Waals surface area (Å²) in [5.41, 5.74) is 6.59. The van der Waals surface area contributed by atoms with E-state index in [9.17, 15) is 4.79 Å². The standard InChI is InChI=1S/C8H10N2O2/c1-6-2-3-10(5-8(11)12)7(9)4-6/h2-4,9H,5H2,1H3,(H,11,12)/p+1. The van der Waals surface area contributed by atoms with Crippen molar-refractivity contribution in [1.82, 2.24) is 0 Å². The fourth-order valence-electron chi connectivity index (χ4n) is 0.948. The Hall–Kier alpha value is -1.58. The van der Waals surface area contributed by atoms with Gasteiger partial charge in [-0.25, -0.2) is 9.36 Å². The lowest BCUT2D eigenvalue weighted by molar-refractivity contribution is -0.671. The Morgan fingerprint density at radius 3 is 2.92 bits per heavy atom. The normalized spacial score (nSPS) is 9.75. The molecule has 1 aromatic heterocycles. The van der Waals surface area contributed by atoms with Crippen molar-refractivity contribution < 1.29 is 14.5 Å². The van der Waals surface area contributed by atoms with Crippen LogP contribution in [-0.2, 0) is 11.3 Å². The highest BCUT2D eigenvalue weighted by Gasteiger charge is 2.07. The Labute approximate surface area is 70.3 Å². The molecule has 4 heteroatoms. The lowest BCUT2D eigenvalue weighted by Crippen LogP contribution is -2.40. The van der Waals surface area contributed by atoms with Crippen molar-refractivity contribution in [3.05, 3.63) is 23.9 Å². The molecule has 0 fully saturated rings. The number of pyridine rings is 1. The van der Waals surface area contributed by atoms with Gasteiger partial charge in [0, 0.05) is 6.07 Å². The molecule has 0 saturated heterocycles. The van der Waals surface area contributed by atoms with Crippen LogP contribution in [0.25, 0.3) is 0 Å². The molecule has 1 rings (SSSR count). The second kappa shape index (κ2) is 3.21. The smallest absolute Gasteiger partial charge is 0.346 e. The van der Waals surface area contributed by atoms with Crippen LogP contribution < -0.4 is 10.3 Å². The number of nitrogens with zero attached hydrogens (tertiary/aromatic N) is 1. The minimum atomic E-state index is -0.893. The number of rotatable bonds is 2. The number of carbonyl (C=O) groups is 1. The first-order valence-corrected chi connectivity index (χ1v) is 3.57. The van der Waals surface area contributed by atoms with Gasteiger partial charge in [0.15, 0.2) is 6.54 Å². The summed E-state index contributed by atoms with van der Waals surface area (Å²) in [5, 5.41) is 8.48. The number of aromatic nitrogens is 1. The van der Waals surface area contributed by atoms with Crippen molar-refractivity contribution in [1.29, 1.82) is 0 Å². The fraction of sp³-hybridized carbons (Fsp3) is 0.250. The number of carboxylic acid groups (broad SMARTS) is 1. The van der Waals surface area contributed by atoms with E-state index in [1.165, 1.54) is 4.57 Å². The van der Waals surface area contributed by atoms with E-state index in [2.05, 4.69) is 0 Å². The third kappa shape index (κ3) is 1.95. The lowest BCUT2D eigenvalue weighted by Gasteiger charge is -1.99. The molecular weight excluding hydrogens is 156 g/mol. The summed E-state index contributed by atoms with van der Waals surface area (Å²) >= 11 is 0. The molecule has 0 saturated carbocycles. The van der Waals surface area contributed by atoms with Crippen molar-refractivity contribution in [2.75, 3.05) is 5.73 Å². The van der Waals surface area contributed by atoms with Gasteiger partial charge in [-0.1, -0.05) is 0 Å². The van der Waals surface area contributed by atoms with Crippen LogP contribution in [0.1, 0.15) is 5.56 Å². The van der Waals surface area contributed by atoms with Crippen LogP contribution in [0, 0.1) is 6.92 Å². The molecule has 4 nitrogen and oxygen atoms in total. The molecule has 3 N–H and O–H groups in total. The van der Waals surface area contributed by atoms with Crippen molar-refractivity contribution in [2.24, 2.45) is 0 Å². The number of hydrogen-bond donors (Lipinski definition) is 2. The largest absolute Gasteiger partial charge is 0.478 e. The number of nitrogens with two attached hydrogens (primary N) is 1. The summed E-state index contributed by atoms with van der Waals surface area (Å²) in [6.45, 7) is 1.81. The number of aryl methyl sites for hydroxylation is 1. The molecule has 0 bridgehead atoms. The molecule has 0 aliphatic rings. The van der Waals surface area contributed by atoms with Gasteiger partial charge in [-0.15, -0.1) is 0 Å². The Morgan fingerprint density at radius 2 is 2.42 bits per heavy atom. The number of nitrogen functional groups attached to an aromatic ring is 1. The van der Waals surface area contributed by atoms with Gasteiger partial charge in [0.1, 0.15) is 0 Å². The second-order valence-electron chi connectivity index (χ2n) is 2.65. The zero-order chi connectivity index (χ0) is 9.14. The number of anilines is 1. The fourth-order valence-corrected chi connectivity index (χ4v) is 0.948. The molecule has 0 aliphatic heterocycles. The maximum absolute atomic E-state index is 10.3. The van der Waals surface area contributed by atoms with Gasteiger partial charge in [-0.05, 0) is 18.6 Å². The van der Waals surface area contributed by atoms with Crippen LogP contribution in [0.5, 0.6) is 0 Å². The Morgan fingerprint density at radius 1 is 1.75 bits per heavy atom. The third-order valence-corrected chi connectivity index (χ3v) is 1.53. The molecule has 1 heterocycles. The van der Waals surface area contributed by atoms with Crippen LogP contribution >= 0.6 is 0 Å². The first-order chi connectivity index (χ1) is 5.59. The number of aliphatic carboxylic acids is 1. The summed E-state index contributed by atoms with van der Waals surface area (Å²) in [6, 6.07) is 3.56. The summed E-state index contributed by atoms with van der Waals surface area (Å²) in [5.74, 6) is -0.423. The SMILES string of the molecule is Cc1cc[n+](CC(=O)O)c(N)c1. The van der Waals surface area contributed by atoms with E-state index in [-0.39, 0.29) is 6.54 Å². The van der Waals surface area contributed by atoms with Crippen LogP contribution in [0.3, 0.4) is 0 Å². The monoisotopic (exact) mass is 167 g/mol. The van der Waals surface area contributed by atoms with Crippen molar-refractivity contribution in [3.63, 3.8) is 0 Å². The summed E-state index contributed by atoms with van der Waals surface area (Å²) < 4.78 is 1.48. The van der Waals surface area contributed by atoms with Gasteiger partial charge >= 0.3 is 5.97 Å². The van der Waals surface area contributed by atoms with Gasteiger partial charge in [0.05, 0.1) is 6.20 Å². The van der Waals surface area contributed by atoms with E-state index < -0.39 is 5.97 Å². The molecule has 64 valence electrons. The zero-order valence-electron chi connectivity index (χ0n) is 6.82. The highest BCUT2D eigenvalue weighted by Crippen LogP contribution is 1.98. The predicted octanol–water partition coefficient (Wildman–Crippen LogP) is -0.0507. The topological polar surface area (TPSA) is 67.2 Å². The van der Waals surface area contributed by atoms with Gasteiger partial charge < -0.3 is 5.11 Å². The first kappa shape index (κ1) is 8.52. The number of hydrogen-bond acceptors (Lipinski definition) is 2. The molecule has 0 atom stereocenters. The molecule has 12 heavy (non-hydrogen) atoms. The average molecular weight is 167 g/mol. The Balaban J connectivity index is 2.93. The molecule has 1 aromatic rings. The van der Waals surface area contributed by atoms with Crippen LogP contribution in [0.15, 0.2) is 18.3 Å². The lowest BCUT2D eigenvalue weighted by atomic mass is 10.3. The molecule has 0 spiro atoms. The van der Waals surface area contributed by atoms with E-state index in [1.54, 1.807) is 12.3 Å². The summed E-state index contributed by atoms with van der Waals surface area (Å²) in [4.78, 5) is 10.3. The van der Waals surface area contributed by atoms with Crippen molar-refractivity contribution >= 4 is 11.8 Å². The summed E-state index contributed by atoms with van der Waals surface area (Å²) in [6.07, 6.45) is 1.67. The highest BCUT2D eigenvalue weighted by atomic mass is 16.4. The molecule has 0 radical (unpaired) electrons. The van der Waals surface area contributed by atoms with Gasteiger partial charge in [0.25, 0.3) is 5.82 Å². The van der Waals surface area contributed by atoms with Crippen LogP contribution in [0.2, 0.25) is 0 Å². The third-order valence-electron chi connectivity index (χ3n) is 1.53. The molecule has 0 aliphatic carbocycles. The number of carboxylic acids is 1. The predicted molar refractivity (Wildman–Crippen MR) is 43.4 cm³/mol. The first-order valence-electron chi connectivity index (χ1n) is 3.57. The molecule has 0 amide bonds. The van der Waals surface area contributed by atoms with Crippen molar-refractivity contribution in [2.45, 2.75) is 13.5 Å². The highest BCUT2D eigenvalue weighted by molar-refractivity contribution is 5.65. The minimum absolute atomic E-state index is 0.0912. The van der Waals surface area contributed by atoms with E-state index in [0.29, 0.717) is 5.82 Å². The van der Waals surface area contributed by atoms with E-state index in [0.717, 1.165) is 5.56 Å². The van der Waals surface area contributed by atoms with Crippen molar-refractivity contribution in [3.8, 4) is 0 Å². The molecule has 0 unspecified atom stereocenters. The quantitative estimate of drug-likeness (QED) is 0.607. The van der Waals surface area contributed by atoms with E-state index in [1.807, 2.05) is 13.0 Å². The van der Waals surface area contributed by atoms with E-state index >= 15 is 0 Å². The Kier molecular flexibility index (Phi) is 2.28. The van der Waals surface area contributed by atoms with Crippen LogP contribution in [-0.4, -0.2) is 11.1 Å². The van der Waals surface area contributed by atoms with Gasteiger partial charge in [0.2, 0.25) is 0 Å². The Bertz CT molecular complexity index is 310. The maximum atomic E-state index is 10.3. The van der Waals surface area contributed by atoms with Gasteiger partial charge in [-0.2, -0.15) is 0 Å². The second-order valence-corrected chi connectivity index (χ2v) is 2.65. The van der Waals surface area contributed by atoms with E-state index in [4.69, 9.17) is 10.8 Å². The van der Waals surface area contributed by atoms with Crippen LogP contribution in [0.4, 0.5) is 5.82 Å². The molecule has 0 aromatic carbocycles. The average Bonchev–Trinajstić information content (AvgIpc) is 1.94. The minimum Gasteiger partial charge on any atom is -0.478 e. The zero-order valence-corrected chi connectivity index (χ0v) is 6.82.